The Balaban J connectivity index is 2.55. The predicted octanol–water partition coefficient (Wildman–Crippen LogP) is 1.80. The lowest BCUT2D eigenvalue weighted by Crippen LogP contribution is -2.38. The fourth-order valence-electron chi connectivity index (χ4n) is 1.93. The third kappa shape index (κ3) is 4.45. The maximum Gasteiger partial charge on any atom is 0.253 e. The van der Waals surface area contributed by atoms with Crippen LogP contribution in [0.4, 0.5) is 0 Å². The standard InChI is InChI=1S/C14H23N3O/c1-9(2)7-12(15)8-16-14(18)13-6-5-10(3)17-11(13)4/h5-6,9,12H,7-8,15H2,1-4H3,(H,16,18). The lowest BCUT2D eigenvalue weighted by molar-refractivity contribution is 0.0949. The van der Waals surface area contributed by atoms with Gasteiger partial charge in [-0.15, -0.1) is 0 Å². The largest absolute Gasteiger partial charge is 0.350 e. The molecule has 0 radical (unpaired) electrons. The normalized spacial score (nSPS) is 12.6. The van der Waals surface area contributed by atoms with E-state index in [4.69, 9.17) is 5.73 Å². The van der Waals surface area contributed by atoms with Crippen molar-refractivity contribution in [1.82, 2.24) is 10.3 Å². The molecule has 0 saturated heterocycles. The number of nitrogens with zero attached hydrogens (tertiary/aromatic N) is 1. The quantitative estimate of drug-likeness (QED) is 0.836. The first-order valence-electron chi connectivity index (χ1n) is 6.38. The minimum absolute atomic E-state index is 0.00710. The van der Waals surface area contributed by atoms with Gasteiger partial charge in [0.05, 0.1) is 11.3 Å². The van der Waals surface area contributed by atoms with E-state index in [0.717, 1.165) is 17.8 Å². The van der Waals surface area contributed by atoms with Crippen molar-refractivity contribution in [3.8, 4) is 0 Å². The van der Waals surface area contributed by atoms with Gasteiger partial charge >= 0.3 is 0 Å². The second kappa shape index (κ2) is 6.50. The number of carbonyl (C=O) groups excluding carboxylic acids is 1. The SMILES string of the molecule is Cc1ccc(C(=O)NCC(N)CC(C)C)c(C)n1. The number of nitrogens with two attached hydrogens (primary N) is 1. The molecule has 0 fully saturated rings. The molecule has 0 bridgehead atoms. The number of carbonyl (C=O) groups is 1. The number of rotatable bonds is 5. The molecule has 1 amide bonds. The first-order valence-corrected chi connectivity index (χ1v) is 6.38. The summed E-state index contributed by atoms with van der Waals surface area (Å²) in [6, 6.07) is 3.66. The number of nitrogens with one attached hydrogen (secondary N) is 1. The molecule has 0 aliphatic rings. The van der Waals surface area contributed by atoms with Gasteiger partial charge in [0.25, 0.3) is 5.91 Å². The summed E-state index contributed by atoms with van der Waals surface area (Å²) in [6.45, 7) is 8.50. The molecule has 1 aromatic heterocycles. The van der Waals surface area contributed by atoms with Crippen LogP contribution in [0.15, 0.2) is 12.1 Å². The van der Waals surface area contributed by atoms with Crippen molar-refractivity contribution in [2.24, 2.45) is 11.7 Å². The second-order valence-electron chi connectivity index (χ2n) is 5.19. The third-order valence-electron chi connectivity index (χ3n) is 2.77. The van der Waals surface area contributed by atoms with Gasteiger partial charge in [-0.2, -0.15) is 0 Å². The van der Waals surface area contributed by atoms with Crippen LogP contribution in [0.5, 0.6) is 0 Å². The summed E-state index contributed by atoms with van der Waals surface area (Å²) < 4.78 is 0. The number of hydrogen-bond donors (Lipinski definition) is 2. The highest BCUT2D eigenvalue weighted by molar-refractivity contribution is 5.95. The van der Waals surface area contributed by atoms with Gasteiger partial charge in [-0.1, -0.05) is 13.8 Å². The Bertz CT molecular complexity index is 416. The molecule has 0 aliphatic carbocycles. The van der Waals surface area contributed by atoms with E-state index in [9.17, 15) is 4.79 Å². The number of aryl methyl sites for hydroxylation is 2. The zero-order valence-electron chi connectivity index (χ0n) is 11.7. The predicted molar refractivity (Wildman–Crippen MR) is 73.5 cm³/mol. The van der Waals surface area contributed by atoms with Gasteiger partial charge < -0.3 is 11.1 Å². The molecule has 1 unspecified atom stereocenters. The van der Waals surface area contributed by atoms with Crippen molar-refractivity contribution in [3.63, 3.8) is 0 Å². The number of pyridine rings is 1. The molecule has 1 heterocycles. The zero-order chi connectivity index (χ0) is 13.7. The van der Waals surface area contributed by atoms with Crippen LogP contribution in [0.25, 0.3) is 0 Å². The van der Waals surface area contributed by atoms with Crippen LogP contribution in [-0.2, 0) is 0 Å². The van der Waals surface area contributed by atoms with Crippen molar-refractivity contribution in [3.05, 3.63) is 29.1 Å². The van der Waals surface area contributed by atoms with Crippen LogP contribution in [0.1, 0.15) is 42.0 Å². The number of amides is 1. The minimum Gasteiger partial charge on any atom is -0.350 e. The molecule has 100 valence electrons. The van der Waals surface area contributed by atoms with Crippen LogP contribution in [0, 0.1) is 19.8 Å². The molecular formula is C14H23N3O. The topological polar surface area (TPSA) is 68.0 Å². The Hall–Kier alpha value is -1.42. The Kier molecular flexibility index (Phi) is 5.28. The highest BCUT2D eigenvalue weighted by Gasteiger charge is 2.12. The Labute approximate surface area is 109 Å². The zero-order valence-corrected chi connectivity index (χ0v) is 11.7. The molecule has 1 atom stereocenters. The molecule has 4 nitrogen and oxygen atoms in total. The molecule has 4 heteroatoms. The third-order valence-corrected chi connectivity index (χ3v) is 2.77. The molecular weight excluding hydrogens is 226 g/mol. The molecule has 0 saturated carbocycles. The first-order chi connectivity index (χ1) is 8.40. The highest BCUT2D eigenvalue weighted by Crippen LogP contribution is 2.07. The maximum absolute atomic E-state index is 12.0. The second-order valence-corrected chi connectivity index (χ2v) is 5.19. The summed E-state index contributed by atoms with van der Waals surface area (Å²) >= 11 is 0. The van der Waals surface area contributed by atoms with Crippen molar-refractivity contribution in [2.45, 2.75) is 40.2 Å². The van der Waals surface area contributed by atoms with Crippen LogP contribution in [0.3, 0.4) is 0 Å². The van der Waals surface area contributed by atoms with Gasteiger partial charge in [-0.3, -0.25) is 9.78 Å². The van der Waals surface area contributed by atoms with Gasteiger partial charge in [0.1, 0.15) is 0 Å². The average molecular weight is 249 g/mol. The van der Waals surface area contributed by atoms with Crippen molar-refractivity contribution in [1.29, 1.82) is 0 Å². The van der Waals surface area contributed by atoms with E-state index in [-0.39, 0.29) is 11.9 Å². The fraction of sp³-hybridized carbons (Fsp3) is 0.571. The van der Waals surface area contributed by atoms with Crippen LogP contribution < -0.4 is 11.1 Å². The van der Waals surface area contributed by atoms with E-state index in [1.165, 1.54) is 0 Å². The summed E-state index contributed by atoms with van der Waals surface area (Å²) in [7, 11) is 0. The fourth-order valence-corrected chi connectivity index (χ4v) is 1.93. The van der Waals surface area contributed by atoms with Crippen molar-refractivity contribution >= 4 is 5.91 Å². The van der Waals surface area contributed by atoms with Gasteiger partial charge in [-0.25, -0.2) is 0 Å². The van der Waals surface area contributed by atoms with Crippen LogP contribution in [0.2, 0.25) is 0 Å². The molecule has 0 aromatic carbocycles. The molecule has 0 aliphatic heterocycles. The number of hydrogen-bond acceptors (Lipinski definition) is 3. The van der Waals surface area contributed by atoms with Crippen LogP contribution >= 0.6 is 0 Å². The van der Waals surface area contributed by atoms with E-state index in [1.54, 1.807) is 6.07 Å². The summed E-state index contributed by atoms with van der Waals surface area (Å²) in [5.74, 6) is 0.443. The Morgan fingerprint density at radius 2 is 2.06 bits per heavy atom. The Morgan fingerprint density at radius 1 is 1.39 bits per heavy atom. The van der Waals surface area contributed by atoms with Crippen molar-refractivity contribution < 1.29 is 4.79 Å². The minimum atomic E-state index is -0.0980. The lowest BCUT2D eigenvalue weighted by atomic mass is 10.0. The summed E-state index contributed by atoms with van der Waals surface area (Å²) in [6.07, 6.45) is 0.908. The Morgan fingerprint density at radius 3 is 2.61 bits per heavy atom. The van der Waals surface area contributed by atoms with Crippen LogP contribution in [-0.4, -0.2) is 23.5 Å². The lowest BCUT2D eigenvalue weighted by Gasteiger charge is -2.15. The monoisotopic (exact) mass is 249 g/mol. The number of aromatic nitrogens is 1. The summed E-state index contributed by atoms with van der Waals surface area (Å²) in [5, 5.41) is 2.86. The first kappa shape index (κ1) is 14.6. The van der Waals surface area contributed by atoms with Gasteiger partial charge in [-0.05, 0) is 38.3 Å². The molecule has 18 heavy (non-hydrogen) atoms. The van der Waals surface area contributed by atoms with E-state index in [2.05, 4.69) is 24.1 Å². The van der Waals surface area contributed by atoms with E-state index in [0.29, 0.717) is 18.0 Å². The molecule has 1 rings (SSSR count). The van der Waals surface area contributed by atoms with Crippen molar-refractivity contribution in [2.75, 3.05) is 6.54 Å². The smallest absolute Gasteiger partial charge is 0.253 e. The maximum atomic E-state index is 12.0. The summed E-state index contributed by atoms with van der Waals surface area (Å²) in [5.41, 5.74) is 8.23. The molecule has 1 aromatic rings. The van der Waals surface area contributed by atoms with E-state index in [1.807, 2.05) is 19.9 Å². The van der Waals surface area contributed by atoms with Gasteiger partial charge in [0, 0.05) is 18.3 Å². The van der Waals surface area contributed by atoms with E-state index < -0.39 is 0 Å². The average Bonchev–Trinajstić information content (AvgIpc) is 2.25. The van der Waals surface area contributed by atoms with Gasteiger partial charge in [0.2, 0.25) is 0 Å². The summed E-state index contributed by atoms with van der Waals surface area (Å²) in [4.78, 5) is 16.2. The molecule has 3 N–H and O–H groups in total. The highest BCUT2D eigenvalue weighted by atomic mass is 16.1. The van der Waals surface area contributed by atoms with Gasteiger partial charge in [0.15, 0.2) is 0 Å². The van der Waals surface area contributed by atoms with E-state index >= 15 is 0 Å². The molecule has 0 spiro atoms.